The Morgan fingerprint density at radius 2 is 2.36 bits per heavy atom. The molecule has 1 saturated heterocycles. The molecule has 0 spiro atoms. The van der Waals surface area contributed by atoms with Crippen molar-refractivity contribution in [2.75, 3.05) is 12.3 Å². The van der Waals surface area contributed by atoms with E-state index in [1.54, 1.807) is 0 Å². The zero-order valence-corrected chi connectivity index (χ0v) is 12.0. The topological polar surface area (TPSA) is 142 Å². The van der Waals surface area contributed by atoms with Crippen molar-refractivity contribution < 1.29 is 20.1 Å². The molecule has 22 heavy (non-hydrogen) atoms. The Kier molecular flexibility index (Phi) is 3.39. The summed E-state index contributed by atoms with van der Waals surface area (Å²) >= 11 is 5.10. The molecule has 0 bridgehead atoms. The molecule has 9 nitrogen and oxygen atoms in total. The summed E-state index contributed by atoms with van der Waals surface area (Å²) in [6, 6.07) is 0. The third-order valence-electron chi connectivity index (χ3n) is 3.60. The molecule has 3 heterocycles. The van der Waals surface area contributed by atoms with Gasteiger partial charge >= 0.3 is 0 Å². The van der Waals surface area contributed by atoms with E-state index in [4.69, 9.17) is 29.1 Å². The summed E-state index contributed by atoms with van der Waals surface area (Å²) < 4.78 is 7.06. The lowest BCUT2D eigenvalue weighted by Crippen LogP contribution is -2.45. The second-order valence-corrected chi connectivity index (χ2v) is 5.31. The number of terminal acetylenes is 1. The Morgan fingerprint density at radius 1 is 1.64 bits per heavy atom. The number of nitrogen functional groups attached to an aromatic ring is 1. The summed E-state index contributed by atoms with van der Waals surface area (Å²) in [6.45, 7) is -0.510. The zero-order valence-electron chi connectivity index (χ0n) is 11.2. The van der Waals surface area contributed by atoms with Crippen molar-refractivity contribution in [1.29, 1.82) is 0 Å². The van der Waals surface area contributed by atoms with Gasteiger partial charge in [-0.25, -0.2) is 4.98 Å². The number of hydrogen-bond acceptors (Lipinski definition) is 8. The van der Waals surface area contributed by atoms with Gasteiger partial charge in [0.1, 0.15) is 22.4 Å². The maximum absolute atomic E-state index is 10.5. The number of imidazole rings is 1. The predicted octanol–water partition coefficient (Wildman–Crippen LogP) is -1.31. The van der Waals surface area contributed by atoms with Crippen LogP contribution in [0.25, 0.3) is 11.2 Å². The van der Waals surface area contributed by atoms with Crippen LogP contribution in [0.1, 0.15) is 6.23 Å². The highest BCUT2D eigenvalue weighted by atomic mass is 32.1. The number of H-pyrrole nitrogens is 1. The lowest BCUT2D eigenvalue weighted by molar-refractivity contribution is -0.0721. The molecule has 0 aromatic carbocycles. The second kappa shape index (κ2) is 5.01. The Bertz CT molecular complexity index is 827. The second-order valence-electron chi connectivity index (χ2n) is 4.90. The fourth-order valence-corrected chi connectivity index (χ4v) is 2.71. The number of fused-ring (bicyclic) bond motifs is 1. The number of anilines is 1. The van der Waals surface area contributed by atoms with Gasteiger partial charge in [-0.3, -0.25) is 4.57 Å². The Balaban J connectivity index is 2.19. The van der Waals surface area contributed by atoms with Gasteiger partial charge in [-0.2, -0.15) is 4.98 Å². The van der Waals surface area contributed by atoms with Gasteiger partial charge in [0.05, 0.1) is 12.9 Å². The number of nitrogens with two attached hydrogens (primary N) is 1. The molecule has 3 rings (SSSR count). The quantitative estimate of drug-likeness (QED) is 0.338. The largest absolute Gasteiger partial charge is 0.394 e. The maximum Gasteiger partial charge on any atom is 0.200 e. The van der Waals surface area contributed by atoms with E-state index in [-0.39, 0.29) is 16.2 Å². The molecule has 6 N–H and O–H groups in total. The summed E-state index contributed by atoms with van der Waals surface area (Å²) in [5.41, 5.74) is 4.15. The smallest absolute Gasteiger partial charge is 0.200 e. The summed E-state index contributed by atoms with van der Waals surface area (Å²) in [6.07, 6.45) is 2.96. The summed E-state index contributed by atoms with van der Waals surface area (Å²) in [5.74, 6) is 2.17. The number of hydrogen-bond donors (Lipinski definition) is 5. The van der Waals surface area contributed by atoms with E-state index in [1.165, 1.54) is 10.9 Å². The number of aromatic amines is 1. The minimum absolute atomic E-state index is 0.0563. The minimum Gasteiger partial charge on any atom is -0.394 e. The molecule has 1 aliphatic heterocycles. The predicted molar refractivity (Wildman–Crippen MR) is 77.9 cm³/mol. The van der Waals surface area contributed by atoms with Gasteiger partial charge in [0.15, 0.2) is 17.5 Å². The highest BCUT2D eigenvalue weighted by molar-refractivity contribution is 7.71. The number of nitrogens with one attached hydrogen (secondary N) is 1. The first kappa shape index (κ1) is 14.9. The lowest BCUT2D eigenvalue weighted by Gasteiger charge is -2.26. The van der Waals surface area contributed by atoms with Crippen LogP contribution in [0.3, 0.4) is 0 Å². The van der Waals surface area contributed by atoms with Crippen LogP contribution >= 0.6 is 12.2 Å². The van der Waals surface area contributed by atoms with Crippen molar-refractivity contribution in [3.05, 3.63) is 11.0 Å². The summed E-state index contributed by atoms with van der Waals surface area (Å²) in [7, 11) is 0. The fraction of sp³-hybridized carbons (Fsp3) is 0.417. The molecule has 10 heteroatoms. The van der Waals surface area contributed by atoms with Gasteiger partial charge in [0.25, 0.3) is 0 Å². The van der Waals surface area contributed by atoms with Crippen molar-refractivity contribution >= 4 is 29.3 Å². The molecule has 116 valence electrons. The van der Waals surface area contributed by atoms with Crippen molar-refractivity contribution in [3.63, 3.8) is 0 Å². The third kappa shape index (κ3) is 1.92. The monoisotopic (exact) mass is 323 g/mol. The Labute approximate surface area is 129 Å². The molecular formula is C12H13N5O4S. The van der Waals surface area contributed by atoms with Crippen LogP contribution in [0.4, 0.5) is 5.95 Å². The van der Waals surface area contributed by atoms with E-state index >= 15 is 0 Å². The molecule has 0 radical (unpaired) electrons. The van der Waals surface area contributed by atoms with Crippen LogP contribution in [0.5, 0.6) is 0 Å². The van der Waals surface area contributed by atoms with Gasteiger partial charge in [-0.1, -0.05) is 18.1 Å². The SMILES string of the molecule is C#CC1(O)[C@@H](O)[C@@H](CO)O[C@H]1n1cnc2c(=S)[nH]c(N)nc21. The zero-order chi connectivity index (χ0) is 16.1. The van der Waals surface area contributed by atoms with Crippen molar-refractivity contribution in [3.8, 4) is 12.3 Å². The number of aromatic nitrogens is 4. The Morgan fingerprint density at radius 3 is 3.00 bits per heavy atom. The van der Waals surface area contributed by atoms with Crippen molar-refractivity contribution in [2.24, 2.45) is 0 Å². The first-order valence-corrected chi connectivity index (χ1v) is 6.70. The molecule has 0 saturated carbocycles. The normalized spacial score (nSPS) is 31.5. The van der Waals surface area contributed by atoms with Gasteiger partial charge in [0, 0.05) is 0 Å². The molecular weight excluding hydrogens is 310 g/mol. The van der Waals surface area contributed by atoms with E-state index in [0.29, 0.717) is 5.52 Å². The third-order valence-corrected chi connectivity index (χ3v) is 3.89. The first-order chi connectivity index (χ1) is 10.4. The van der Waals surface area contributed by atoms with Gasteiger partial charge < -0.3 is 30.8 Å². The van der Waals surface area contributed by atoms with Crippen LogP contribution in [-0.2, 0) is 4.74 Å². The summed E-state index contributed by atoms with van der Waals surface area (Å²) in [5, 5.41) is 29.8. The van der Waals surface area contributed by atoms with E-state index in [0.717, 1.165) is 0 Å². The molecule has 2 aromatic heterocycles. The highest BCUT2D eigenvalue weighted by Gasteiger charge is 2.55. The first-order valence-electron chi connectivity index (χ1n) is 6.29. The molecule has 1 aliphatic rings. The highest BCUT2D eigenvalue weighted by Crippen LogP contribution is 2.39. The number of nitrogens with zero attached hydrogens (tertiary/aromatic N) is 3. The molecule has 1 fully saturated rings. The Hall–Kier alpha value is -2.03. The van der Waals surface area contributed by atoms with Gasteiger partial charge in [-0.05, 0) is 0 Å². The standard InChI is InChI=1S/C12H13N5O4S/c1-2-12(20)7(19)5(3-18)21-10(12)17-4-14-6-8(17)15-11(13)16-9(6)22/h1,4-5,7,10,18-20H,3H2,(H3,13,15,16,22)/t5-,7+,10-,12?/m1/s1. The lowest BCUT2D eigenvalue weighted by atomic mass is 9.95. The molecule has 0 aliphatic carbocycles. The van der Waals surface area contributed by atoms with Gasteiger partial charge in [0.2, 0.25) is 5.95 Å². The molecule has 4 atom stereocenters. The number of ether oxygens (including phenoxy) is 1. The fourth-order valence-electron chi connectivity index (χ4n) is 2.47. The summed E-state index contributed by atoms with van der Waals surface area (Å²) in [4.78, 5) is 10.8. The van der Waals surface area contributed by atoms with Crippen molar-refractivity contribution in [2.45, 2.75) is 24.0 Å². The van der Waals surface area contributed by atoms with E-state index in [1.807, 2.05) is 0 Å². The number of aliphatic hydroxyl groups excluding tert-OH is 2. The van der Waals surface area contributed by atoms with E-state index in [9.17, 15) is 15.3 Å². The van der Waals surface area contributed by atoms with Crippen molar-refractivity contribution in [1.82, 2.24) is 19.5 Å². The minimum atomic E-state index is -2.06. The van der Waals surface area contributed by atoms with Crippen LogP contribution in [-0.4, -0.2) is 59.3 Å². The van der Waals surface area contributed by atoms with Crippen LogP contribution < -0.4 is 5.73 Å². The number of rotatable bonds is 2. The molecule has 0 amide bonds. The maximum atomic E-state index is 10.5. The van der Waals surface area contributed by atoms with Crippen LogP contribution in [0.15, 0.2) is 6.33 Å². The molecule has 1 unspecified atom stereocenters. The van der Waals surface area contributed by atoms with E-state index < -0.39 is 30.6 Å². The number of aliphatic hydroxyl groups is 3. The average molecular weight is 323 g/mol. The van der Waals surface area contributed by atoms with Gasteiger partial charge in [-0.15, -0.1) is 6.42 Å². The van der Waals surface area contributed by atoms with E-state index in [2.05, 4.69) is 20.9 Å². The average Bonchev–Trinajstić information content (AvgIpc) is 3.00. The van der Waals surface area contributed by atoms with Crippen LogP contribution in [0, 0.1) is 17.0 Å². The molecule has 2 aromatic rings. The van der Waals surface area contributed by atoms with Crippen LogP contribution in [0.2, 0.25) is 0 Å².